The summed E-state index contributed by atoms with van der Waals surface area (Å²) >= 11 is 1.82. The van der Waals surface area contributed by atoms with Crippen molar-refractivity contribution in [3.63, 3.8) is 0 Å². The van der Waals surface area contributed by atoms with Gasteiger partial charge in [0.2, 0.25) is 0 Å². The smallest absolute Gasteiger partial charge is 0.0546 e. The number of thiophene rings is 1. The molecule has 0 spiro atoms. The van der Waals surface area contributed by atoms with Crippen LogP contribution in [0.2, 0.25) is 0 Å². The van der Waals surface area contributed by atoms with Crippen LogP contribution in [0.1, 0.15) is 18.2 Å². The van der Waals surface area contributed by atoms with Crippen molar-refractivity contribution < 1.29 is 4.74 Å². The van der Waals surface area contributed by atoms with Crippen LogP contribution in [0.5, 0.6) is 0 Å². The van der Waals surface area contributed by atoms with E-state index < -0.39 is 0 Å². The van der Waals surface area contributed by atoms with Crippen LogP contribution in [-0.2, 0) is 11.2 Å². The highest BCUT2D eigenvalue weighted by atomic mass is 32.1. The molecular weight excluding hydrogens is 156 g/mol. The Labute approximate surface area is 72.0 Å². The first-order valence-electron chi connectivity index (χ1n) is 3.88. The van der Waals surface area contributed by atoms with Crippen LogP contribution in [-0.4, -0.2) is 13.2 Å². The van der Waals surface area contributed by atoms with E-state index in [-0.39, 0.29) is 0 Å². The molecule has 1 heterocycles. The highest BCUT2D eigenvalue weighted by Crippen LogP contribution is 2.12. The maximum absolute atomic E-state index is 5.15. The van der Waals surface area contributed by atoms with Gasteiger partial charge in [-0.2, -0.15) is 0 Å². The van der Waals surface area contributed by atoms with Crippen molar-refractivity contribution in [2.24, 2.45) is 0 Å². The van der Waals surface area contributed by atoms with Gasteiger partial charge in [-0.1, -0.05) is 6.07 Å². The first-order chi connectivity index (χ1) is 5.33. The summed E-state index contributed by atoms with van der Waals surface area (Å²) in [7, 11) is 1.76. The highest BCUT2D eigenvalue weighted by molar-refractivity contribution is 7.09. The normalized spacial score (nSPS) is 13.3. The molecule has 1 rings (SSSR count). The Morgan fingerprint density at radius 1 is 1.64 bits per heavy atom. The van der Waals surface area contributed by atoms with Crippen LogP contribution in [0, 0.1) is 0 Å². The summed E-state index contributed by atoms with van der Waals surface area (Å²) in [4.78, 5) is 1.45. The second kappa shape index (κ2) is 4.52. The number of aryl methyl sites for hydroxylation is 1. The standard InChI is InChI=1S/C9H14OS/c1-8(10-2)5-6-9-4-3-7-11-9/h3-4,7-8H,5-6H2,1-2H3. The molecule has 0 amide bonds. The SMILES string of the molecule is COC(C)CCc1cccs1. The molecule has 0 aromatic carbocycles. The predicted molar refractivity (Wildman–Crippen MR) is 49.1 cm³/mol. The van der Waals surface area contributed by atoms with E-state index in [1.807, 2.05) is 11.3 Å². The third-order valence-corrected chi connectivity index (χ3v) is 2.72. The van der Waals surface area contributed by atoms with Gasteiger partial charge in [0.25, 0.3) is 0 Å². The minimum Gasteiger partial charge on any atom is -0.382 e. The third kappa shape index (κ3) is 3.04. The maximum atomic E-state index is 5.15. The first-order valence-corrected chi connectivity index (χ1v) is 4.76. The van der Waals surface area contributed by atoms with Crippen molar-refractivity contribution in [1.29, 1.82) is 0 Å². The fourth-order valence-electron chi connectivity index (χ4n) is 0.918. The molecule has 0 fully saturated rings. The summed E-state index contributed by atoms with van der Waals surface area (Å²) in [5, 5.41) is 2.12. The van der Waals surface area contributed by atoms with E-state index in [1.54, 1.807) is 7.11 Å². The molecule has 0 aliphatic rings. The fourth-order valence-corrected chi connectivity index (χ4v) is 1.64. The number of rotatable bonds is 4. The highest BCUT2D eigenvalue weighted by Gasteiger charge is 1.99. The van der Waals surface area contributed by atoms with E-state index in [2.05, 4.69) is 24.4 Å². The number of methoxy groups -OCH3 is 1. The van der Waals surface area contributed by atoms with Gasteiger partial charge in [0.15, 0.2) is 0 Å². The van der Waals surface area contributed by atoms with E-state index >= 15 is 0 Å². The second-order valence-corrected chi connectivity index (χ2v) is 3.70. The molecular formula is C9H14OS. The quantitative estimate of drug-likeness (QED) is 0.675. The van der Waals surface area contributed by atoms with Crippen molar-refractivity contribution in [3.8, 4) is 0 Å². The molecule has 0 radical (unpaired) electrons. The molecule has 1 atom stereocenters. The molecule has 11 heavy (non-hydrogen) atoms. The third-order valence-electron chi connectivity index (χ3n) is 1.78. The van der Waals surface area contributed by atoms with Gasteiger partial charge in [0.1, 0.15) is 0 Å². The van der Waals surface area contributed by atoms with Gasteiger partial charge in [0.05, 0.1) is 6.10 Å². The molecule has 0 aliphatic heterocycles. The topological polar surface area (TPSA) is 9.23 Å². The van der Waals surface area contributed by atoms with Crippen LogP contribution in [0.3, 0.4) is 0 Å². The molecule has 0 saturated heterocycles. The molecule has 0 N–H and O–H groups in total. The van der Waals surface area contributed by atoms with Gasteiger partial charge < -0.3 is 4.74 Å². The molecule has 1 aromatic heterocycles. The number of hydrogen-bond acceptors (Lipinski definition) is 2. The Balaban J connectivity index is 2.23. The summed E-state index contributed by atoms with van der Waals surface area (Å²) < 4.78 is 5.15. The molecule has 62 valence electrons. The van der Waals surface area contributed by atoms with Crippen molar-refractivity contribution >= 4 is 11.3 Å². The summed E-state index contributed by atoms with van der Waals surface area (Å²) in [6.07, 6.45) is 2.65. The molecule has 1 aromatic rings. The Bertz CT molecular complexity index is 181. The van der Waals surface area contributed by atoms with Crippen LogP contribution in [0.25, 0.3) is 0 Å². The zero-order valence-electron chi connectivity index (χ0n) is 7.04. The summed E-state index contributed by atoms with van der Waals surface area (Å²) in [5.41, 5.74) is 0. The van der Waals surface area contributed by atoms with E-state index in [9.17, 15) is 0 Å². The zero-order chi connectivity index (χ0) is 8.10. The van der Waals surface area contributed by atoms with Crippen molar-refractivity contribution in [2.75, 3.05) is 7.11 Å². The Morgan fingerprint density at radius 3 is 3.00 bits per heavy atom. The van der Waals surface area contributed by atoms with Crippen LogP contribution < -0.4 is 0 Å². The lowest BCUT2D eigenvalue weighted by Crippen LogP contribution is -2.05. The molecule has 0 saturated carbocycles. The van der Waals surface area contributed by atoms with Gasteiger partial charge in [-0.3, -0.25) is 0 Å². The maximum Gasteiger partial charge on any atom is 0.0546 e. The lowest BCUT2D eigenvalue weighted by Gasteiger charge is -2.06. The molecule has 2 heteroatoms. The molecule has 0 bridgehead atoms. The molecule has 1 nitrogen and oxygen atoms in total. The lowest BCUT2D eigenvalue weighted by atomic mass is 10.2. The minimum atomic E-state index is 0.386. The number of hydrogen-bond donors (Lipinski definition) is 0. The summed E-state index contributed by atoms with van der Waals surface area (Å²) in [5.74, 6) is 0. The molecule has 0 aliphatic carbocycles. The zero-order valence-corrected chi connectivity index (χ0v) is 7.86. The lowest BCUT2D eigenvalue weighted by molar-refractivity contribution is 0.111. The Kier molecular flexibility index (Phi) is 3.60. The van der Waals surface area contributed by atoms with Gasteiger partial charge in [-0.05, 0) is 31.2 Å². The largest absolute Gasteiger partial charge is 0.382 e. The average Bonchev–Trinajstić information content (AvgIpc) is 2.52. The fraction of sp³-hybridized carbons (Fsp3) is 0.556. The first kappa shape index (κ1) is 8.75. The summed E-state index contributed by atoms with van der Waals surface area (Å²) in [6, 6.07) is 4.27. The van der Waals surface area contributed by atoms with Crippen molar-refractivity contribution in [3.05, 3.63) is 22.4 Å². The summed E-state index contributed by atoms with van der Waals surface area (Å²) in [6.45, 7) is 2.10. The number of ether oxygens (including phenoxy) is 1. The monoisotopic (exact) mass is 170 g/mol. The van der Waals surface area contributed by atoms with Gasteiger partial charge in [0, 0.05) is 12.0 Å². The van der Waals surface area contributed by atoms with E-state index in [0.717, 1.165) is 12.8 Å². The molecule has 1 unspecified atom stereocenters. The van der Waals surface area contributed by atoms with Crippen molar-refractivity contribution in [2.45, 2.75) is 25.9 Å². The second-order valence-electron chi connectivity index (χ2n) is 2.66. The predicted octanol–water partition coefficient (Wildman–Crippen LogP) is 2.72. The van der Waals surface area contributed by atoms with Gasteiger partial charge >= 0.3 is 0 Å². The van der Waals surface area contributed by atoms with E-state index in [0.29, 0.717) is 6.10 Å². The van der Waals surface area contributed by atoms with Crippen LogP contribution >= 0.6 is 11.3 Å². The Hall–Kier alpha value is -0.340. The van der Waals surface area contributed by atoms with Crippen LogP contribution in [0.4, 0.5) is 0 Å². The van der Waals surface area contributed by atoms with Gasteiger partial charge in [-0.15, -0.1) is 11.3 Å². The van der Waals surface area contributed by atoms with Crippen molar-refractivity contribution in [1.82, 2.24) is 0 Å². The Morgan fingerprint density at radius 2 is 2.45 bits per heavy atom. The van der Waals surface area contributed by atoms with Crippen LogP contribution in [0.15, 0.2) is 17.5 Å². The average molecular weight is 170 g/mol. The minimum absolute atomic E-state index is 0.386. The van der Waals surface area contributed by atoms with Gasteiger partial charge in [-0.25, -0.2) is 0 Å². The van der Waals surface area contributed by atoms with E-state index in [4.69, 9.17) is 4.74 Å². The van der Waals surface area contributed by atoms with E-state index in [1.165, 1.54) is 4.88 Å².